The van der Waals surface area contributed by atoms with E-state index in [0.29, 0.717) is 31.7 Å². The summed E-state index contributed by atoms with van der Waals surface area (Å²) in [6.45, 7) is 4.25. The highest BCUT2D eigenvalue weighted by molar-refractivity contribution is 6.01. The molecule has 4 heterocycles. The van der Waals surface area contributed by atoms with Gasteiger partial charge in [-0.2, -0.15) is 9.97 Å². The number of phenols is 1. The molecule has 1 amide bonds. The first kappa shape index (κ1) is 26.9. The number of benzene rings is 3. The second kappa shape index (κ2) is 10.7. The number of fused-ring (bicyclic) bond motifs is 4. The first-order chi connectivity index (χ1) is 20.4. The van der Waals surface area contributed by atoms with Crippen molar-refractivity contribution in [2.75, 3.05) is 38.2 Å². The van der Waals surface area contributed by atoms with Crippen molar-refractivity contribution < 1.29 is 19.7 Å². The van der Waals surface area contributed by atoms with Gasteiger partial charge >= 0.3 is 6.01 Å². The van der Waals surface area contributed by atoms with Gasteiger partial charge in [0.15, 0.2) is 0 Å². The number of hydrogen-bond acceptors (Lipinski definition) is 8. The number of likely N-dealkylation sites (N-methyl/N-ethyl adjacent to an activating group) is 1. The van der Waals surface area contributed by atoms with Gasteiger partial charge in [0.1, 0.15) is 24.3 Å². The molecule has 3 aliphatic heterocycles. The molecule has 9 nitrogen and oxygen atoms in total. The number of aromatic nitrogens is 2. The Morgan fingerprint density at radius 3 is 2.55 bits per heavy atom. The molecule has 3 saturated heterocycles. The maximum Gasteiger partial charge on any atom is 0.319 e. The van der Waals surface area contributed by atoms with E-state index in [-0.39, 0.29) is 23.7 Å². The lowest BCUT2D eigenvalue weighted by molar-refractivity contribution is -0.140. The lowest BCUT2D eigenvalue weighted by Gasteiger charge is -2.42. The van der Waals surface area contributed by atoms with Crippen LogP contribution in [0.4, 0.5) is 5.82 Å². The number of aliphatic hydroxyl groups excluding tert-OH is 1. The average molecular weight is 568 g/mol. The Labute approximate surface area is 245 Å². The van der Waals surface area contributed by atoms with Crippen LogP contribution in [0.2, 0.25) is 0 Å². The number of carbonyl (C=O) groups is 1. The smallest absolute Gasteiger partial charge is 0.319 e. The number of likely N-dealkylation sites (tertiary alicyclic amines) is 2. The fourth-order valence-corrected chi connectivity index (χ4v) is 7.11. The van der Waals surface area contributed by atoms with E-state index in [1.165, 1.54) is 6.92 Å². The standard InChI is InChI=1S/C33H37N5O4/c1-20(39)32(41)37-17-23-10-11-24(18-37)38(23)31-28-12-9-22(29-16-26(40)14-21-6-3-4-8-27(21)29)15-30(28)34-33(35-31)42-19-25-7-5-13-36(25)2/h3-4,6,8-9,12,14-16,20,23-25,39-40H,5,7,10-11,13,17-19H2,1-2H3/t20-,23?,24?,25+/m1/s1. The van der Waals surface area contributed by atoms with Gasteiger partial charge in [-0.15, -0.1) is 0 Å². The van der Waals surface area contributed by atoms with Gasteiger partial charge in [-0.05, 0) is 92.4 Å². The summed E-state index contributed by atoms with van der Waals surface area (Å²) in [6, 6.07) is 18.7. The van der Waals surface area contributed by atoms with E-state index in [4.69, 9.17) is 14.7 Å². The van der Waals surface area contributed by atoms with Gasteiger partial charge in [-0.1, -0.05) is 30.3 Å². The van der Waals surface area contributed by atoms with Crippen LogP contribution in [-0.4, -0.2) is 93.4 Å². The summed E-state index contributed by atoms with van der Waals surface area (Å²) in [7, 11) is 2.13. The first-order valence-electron chi connectivity index (χ1n) is 15.0. The van der Waals surface area contributed by atoms with E-state index in [1.54, 1.807) is 17.0 Å². The molecule has 9 heteroatoms. The summed E-state index contributed by atoms with van der Waals surface area (Å²) in [4.78, 5) is 29.0. The zero-order chi connectivity index (χ0) is 29.0. The molecule has 0 saturated carbocycles. The predicted molar refractivity (Wildman–Crippen MR) is 163 cm³/mol. The van der Waals surface area contributed by atoms with Crippen molar-refractivity contribution >= 4 is 33.4 Å². The van der Waals surface area contributed by atoms with E-state index in [0.717, 1.165) is 70.8 Å². The van der Waals surface area contributed by atoms with Crippen molar-refractivity contribution in [1.29, 1.82) is 0 Å². The minimum absolute atomic E-state index is 0.105. The molecular weight excluding hydrogens is 530 g/mol. The lowest BCUT2D eigenvalue weighted by Crippen LogP contribution is -2.57. The molecular formula is C33H37N5O4. The van der Waals surface area contributed by atoms with Gasteiger partial charge in [0, 0.05) is 36.6 Å². The highest BCUT2D eigenvalue weighted by Gasteiger charge is 2.43. The third-order valence-electron chi connectivity index (χ3n) is 9.29. The Morgan fingerprint density at radius 2 is 1.81 bits per heavy atom. The maximum atomic E-state index is 12.6. The van der Waals surface area contributed by atoms with Crippen LogP contribution in [0.25, 0.3) is 32.8 Å². The highest BCUT2D eigenvalue weighted by Crippen LogP contribution is 2.40. The van der Waals surface area contributed by atoms with E-state index in [2.05, 4.69) is 41.1 Å². The number of amides is 1. The van der Waals surface area contributed by atoms with Gasteiger partial charge in [-0.3, -0.25) is 4.79 Å². The summed E-state index contributed by atoms with van der Waals surface area (Å²) >= 11 is 0. The van der Waals surface area contributed by atoms with Gasteiger partial charge in [0.05, 0.1) is 5.52 Å². The second-order valence-corrected chi connectivity index (χ2v) is 12.1. The summed E-state index contributed by atoms with van der Waals surface area (Å²) in [5.74, 6) is 0.837. The second-order valence-electron chi connectivity index (χ2n) is 12.1. The molecule has 218 valence electrons. The number of hydrogen-bond donors (Lipinski definition) is 2. The van der Waals surface area contributed by atoms with Gasteiger partial charge in [0.25, 0.3) is 5.91 Å². The van der Waals surface area contributed by atoms with E-state index in [1.807, 2.05) is 18.2 Å². The molecule has 2 N–H and O–H groups in total. The summed E-state index contributed by atoms with van der Waals surface area (Å²) in [5.41, 5.74) is 2.67. The third-order valence-corrected chi connectivity index (χ3v) is 9.29. The Balaban J connectivity index is 1.30. The first-order valence-corrected chi connectivity index (χ1v) is 15.0. The lowest BCUT2D eigenvalue weighted by atomic mass is 9.97. The summed E-state index contributed by atoms with van der Waals surface area (Å²) in [6.07, 6.45) is 3.16. The highest BCUT2D eigenvalue weighted by atomic mass is 16.5. The van der Waals surface area contributed by atoms with Crippen molar-refractivity contribution in [3.8, 4) is 22.9 Å². The minimum atomic E-state index is -1.00. The molecule has 3 aromatic carbocycles. The monoisotopic (exact) mass is 567 g/mol. The SMILES string of the molecule is C[C@@H](O)C(=O)N1CC2CCC(C1)N2c1nc(OC[C@@H]2CCCN2C)nc2cc(-c3cc(O)cc4ccccc34)ccc12. The number of nitrogens with zero attached hydrogens (tertiary/aromatic N) is 5. The predicted octanol–water partition coefficient (Wildman–Crippen LogP) is 4.19. The maximum absolute atomic E-state index is 12.6. The number of rotatable bonds is 6. The number of piperazine rings is 1. The van der Waals surface area contributed by atoms with Crippen molar-refractivity contribution in [2.24, 2.45) is 0 Å². The number of aromatic hydroxyl groups is 1. The van der Waals surface area contributed by atoms with Crippen LogP contribution < -0.4 is 9.64 Å². The topological polar surface area (TPSA) is 102 Å². The van der Waals surface area contributed by atoms with Crippen LogP contribution in [-0.2, 0) is 4.79 Å². The van der Waals surface area contributed by atoms with Gasteiger partial charge < -0.3 is 29.6 Å². The van der Waals surface area contributed by atoms with Crippen LogP contribution in [0.15, 0.2) is 54.6 Å². The molecule has 42 heavy (non-hydrogen) atoms. The number of carbonyl (C=O) groups excluding carboxylic acids is 1. The molecule has 0 radical (unpaired) electrons. The van der Waals surface area contributed by atoms with Crippen molar-refractivity contribution in [1.82, 2.24) is 19.8 Å². The molecule has 0 aliphatic carbocycles. The fourth-order valence-electron chi connectivity index (χ4n) is 7.11. The summed E-state index contributed by atoms with van der Waals surface area (Å²) < 4.78 is 6.29. The molecule has 3 fully saturated rings. The van der Waals surface area contributed by atoms with Crippen LogP contribution in [0.3, 0.4) is 0 Å². The van der Waals surface area contributed by atoms with Crippen molar-refractivity contribution in [3.05, 3.63) is 54.6 Å². The number of anilines is 1. The summed E-state index contributed by atoms with van der Waals surface area (Å²) in [5, 5.41) is 23.4. The largest absolute Gasteiger partial charge is 0.508 e. The molecule has 2 bridgehead atoms. The number of aliphatic hydroxyl groups is 1. The Kier molecular flexibility index (Phi) is 6.86. The minimum Gasteiger partial charge on any atom is -0.508 e. The van der Waals surface area contributed by atoms with Crippen LogP contribution >= 0.6 is 0 Å². The molecule has 4 atom stereocenters. The molecule has 2 unspecified atom stereocenters. The molecule has 1 aromatic heterocycles. The Hall–Kier alpha value is -3.95. The van der Waals surface area contributed by atoms with Crippen LogP contribution in [0.1, 0.15) is 32.6 Å². The molecule has 0 spiro atoms. The quantitative estimate of drug-likeness (QED) is 0.358. The molecule has 7 rings (SSSR count). The average Bonchev–Trinajstić information content (AvgIpc) is 3.52. The van der Waals surface area contributed by atoms with Crippen molar-refractivity contribution in [3.63, 3.8) is 0 Å². The van der Waals surface area contributed by atoms with Crippen molar-refractivity contribution in [2.45, 2.75) is 56.8 Å². The third kappa shape index (κ3) is 4.80. The van der Waals surface area contributed by atoms with E-state index >= 15 is 0 Å². The van der Waals surface area contributed by atoms with Gasteiger partial charge in [-0.25, -0.2) is 0 Å². The normalized spacial score (nSPS) is 23.2. The fraction of sp³-hybridized carbons (Fsp3) is 0.424. The Bertz CT molecular complexity index is 1640. The van der Waals surface area contributed by atoms with Crippen LogP contribution in [0.5, 0.6) is 11.8 Å². The van der Waals surface area contributed by atoms with E-state index < -0.39 is 6.10 Å². The zero-order valence-corrected chi connectivity index (χ0v) is 24.1. The molecule has 4 aromatic rings. The van der Waals surface area contributed by atoms with E-state index in [9.17, 15) is 15.0 Å². The molecule has 3 aliphatic rings. The van der Waals surface area contributed by atoms with Gasteiger partial charge in [0.2, 0.25) is 0 Å². The number of phenolic OH excluding ortho intramolecular Hbond substituents is 1. The van der Waals surface area contributed by atoms with Crippen LogP contribution in [0, 0.1) is 0 Å². The number of ether oxygens (including phenoxy) is 1. The Morgan fingerprint density at radius 1 is 1.02 bits per heavy atom. The zero-order valence-electron chi connectivity index (χ0n) is 24.1.